The molecule has 0 saturated heterocycles. The summed E-state index contributed by atoms with van der Waals surface area (Å²) in [6, 6.07) is 1.82. The lowest BCUT2D eigenvalue weighted by Crippen LogP contribution is -2.29. The SMILES string of the molecule is Cc1c(C)c(C)c(S(=O)(=O)NCCC(=O)Nc2cnc3c(c2)c(C)nn3C)c(C)c1C. The maximum atomic E-state index is 13.0. The molecular formula is C22H29N5O3S. The Morgan fingerprint density at radius 2 is 1.58 bits per heavy atom. The van der Waals surface area contributed by atoms with Crippen molar-refractivity contribution in [3.05, 3.63) is 45.8 Å². The number of carbonyl (C=O) groups is 1. The molecule has 0 aliphatic carbocycles. The summed E-state index contributed by atoms with van der Waals surface area (Å²) in [5, 5.41) is 7.94. The number of hydrogen-bond donors (Lipinski definition) is 2. The van der Waals surface area contributed by atoms with E-state index in [1.54, 1.807) is 10.9 Å². The van der Waals surface area contributed by atoms with Crippen LogP contribution in [0.5, 0.6) is 0 Å². The van der Waals surface area contributed by atoms with Gasteiger partial charge in [0.2, 0.25) is 15.9 Å². The zero-order valence-electron chi connectivity index (χ0n) is 19.0. The van der Waals surface area contributed by atoms with Crippen LogP contribution in [0.15, 0.2) is 17.2 Å². The summed E-state index contributed by atoms with van der Waals surface area (Å²) in [5.74, 6) is -0.296. The van der Waals surface area contributed by atoms with E-state index in [2.05, 4.69) is 20.1 Å². The minimum absolute atomic E-state index is 0.000607. The van der Waals surface area contributed by atoms with Crippen molar-refractivity contribution in [2.75, 3.05) is 11.9 Å². The summed E-state index contributed by atoms with van der Waals surface area (Å²) in [6.07, 6.45) is 1.57. The Morgan fingerprint density at radius 1 is 1.00 bits per heavy atom. The molecule has 9 heteroatoms. The van der Waals surface area contributed by atoms with Gasteiger partial charge in [0, 0.05) is 25.4 Å². The highest BCUT2D eigenvalue weighted by atomic mass is 32.2. The highest BCUT2D eigenvalue weighted by Crippen LogP contribution is 2.29. The molecule has 1 aromatic carbocycles. The zero-order chi connectivity index (χ0) is 23.1. The number of rotatable bonds is 6. The van der Waals surface area contributed by atoms with Crippen LogP contribution in [0.25, 0.3) is 11.0 Å². The number of carbonyl (C=O) groups excluding carboxylic acids is 1. The highest BCUT2D eigenvalue weighted by Gasteiger charge is 2.23. The zero-order valence-corrected chi connectivity index (χ0v) is 19.9. The number of sulfonamides is 1. The van der Waals surface area contributed by atoms with Crippen molar-refractivity contribution in [1.29, 1.82) is 0 Å². The molecular weight excluding hydrogens is 414 g/mol. The molecule has 2 N–H and O–H groups in total. The first kappa shape index (κ1) is 22.9. The number of hydrogen-bond acceptors (Lipinski definition) is 5. The average Bonchev–Trinajstić information content (AvgIpc) is 2.98. The van der Waals surface area contributed by atoms with Gasteiger partial charge in [0.15, 0.2) is 5.65 Å². The van der Waals surface area contributed by atoms with Crippen LogP contribution in [-0.2, 0) is 21.9 Å². The van der Waals surface area contributed by atoms with Gasteiger partial charge >= 0.3 is 0 Å². The predicted octanol–water partition coefficient (Wildman–Crippen LogP) is 3.13. The van der Waals surface area contributed by atoms with Crippen molar-refractivity contribution < 1.29 is 13.2 Å². The molecule has 31 heavy (non-hydrogen) atoms. The van der Waals surface area contributed by atoms with Gasteiger partial charge in [-0.15, -0.1) is 0 Å². The summed E-state index contributed by atoms with van der Waals surface area (Å²) in [7, 11) is -1.92. The molecule has 3 rings (SSSR count). The maximum Gasteiger partial charge on any atom is 0.241 e. The Bertz CT molecular complexity index is 1260. The van der Waals surface area contributed by atoms with E-state index >= 15 is 0 Å². The minimum Gasteiger partial charge on any atom is -0.325 e. The molecule has 166 valence electrons. The van der Waals surface area contributed by atoms with Crippen LogP contribution in [-0.4, -0.2) is 35.6 Å². The van der Waals surface area contributed by atoms with Crippen LogP contribution in [0, 0.1) is 41.5 Å². The second-order valence-corrected chi connectivity index (χ2v) is 9.66. The fourth-order valence-corrected chi connectivity index (χ4v) is 5.47. The molecule has 8 nitrogen and oxygen atoms in total. The molecule has 0 spiro atoms. The normalized spacial score (nSPS) is 11.8. The predicted molar refractivity (Wildman–Crippen MR) is 122 cm³/mol. The third kappa shape index (κ3) is 4.33. The van der Waals surface area contributed by atoms with Gasteiger partial charge < -0.3 is 5.32 Å². The second-order valence-electron chi connectivity index (χ2n) is 7.95. The molecule has 2 aromatic heterocycles. The molecule has 0 fully saturated rings. The number of amides is 1. The van der Waals surface area contributed by atoms with E-state index in [9.17, 15) is 13.2 Å². The molecule has 0 radical (unpaired) electrons. The van der Waals surface area contributed by atoms with Crippen LogP contribution in [0.3, 0.4) is 0 Å². The number of benzene rings is 1. The number of aromatic nitrogens is 3. The Hall–Kier alpha value is -2.78. The van der Waals surface area contributed by atoms with Crippen molar-refractivity contribution in [1.82, 2.24) is 19.5 Å². The second kappa shape index (κ2) is 8.39. The first-order valence-corrected chi connectivity index (χ1v) is 11.6. The van der Waals surface area contributed by atoms with Gasteiger partial charge in [-0.05, 0) is 75.4 Å². The topological polar surface area (TPSA) is 106 Å². The molecule has 3 aromatic rings. The monoisotopic (exact) mass is 443 g/mol. The van der Waals surface area contributed by atoms with E-state index < -0.39 is 10.0 Å². The third-order valence-corrected chi connectivity index (χ3v) is 7.72. The van der Waals surface area contributed by atoms with Crippen LogP contribution >= 0.6 is 0 Å². The largest absolute Gasteiger partial charge is 0.325 e. The fraction of sp³-hybridized carbons (Fsp3) is 0.409. The van der Waals surface area contributed by atoms with Crippen LogP contribution in [0.4, 0.5) is 5.69 Å². The van der Waals surface area contributed by atoms with Gasteiger partial charge in [0.05, 0.1) is 22.5 Å². The molecule has 0 saturated carbocycles. The summed E-state index contributed by atoms with van der Waals surface area (Å²) >= 11 is 0. The molecule has 0 aliphatic rings. The van der Waals surface area contributed by atoms with Gasteiger partial charge in [0.1, 0.15) is 0 Å². The van der Waals surface area contributed by atoms with Crippen molar-refractivity contribution >= 4 is 32.7 Å². The highest BCUT2D eigenvalue weighted by molar-refractivity contribution is 7.89. The molecule has 0 atom stereocenters. The van der Waals surface area contributed by atoms with Gasteiger partial charge in [-0.1, -0.05) is 0 Å². The Morgan fingerprint density at radius 3 is 2.19 bits per heavy atom. The molecule has 2 heterocycles. The van der Waals surface area contributed by atoms with E-state index in [1.807, 2.05) is 54.7 Å². The van der Waals surface area contributed by atoms with E-state index in [0.29, 0.717) is 10.6 Å². The Balaban J connectivity index is 1.69. The first-order valence-electron chi connectivity index (χ1n) is 10.1. The number of nitrogens with one attached hydrogen (secondary N) is 2. The third-order valence-electron chi connectivity index (χ3n) is 5.99. The van der Waals surface area contributed by atoms with E-state index in [1.165, 1.54) is 0 Å². The lowest BCUT2D eigenvalue weighted by Gasteiger charge is -2.19. The average molecular weight is 444 g/mol. The lowest BCUT2D eigenvalue weighted by molar-refractivity contribution is -0.116. The molecule has 0 aliphatic heterocycles. The van der Waals surface area contributed by atoms with E-state index in [-0.39, 0.29) is 18.9 Å². The van der Waals surface area contributed by atoms with E-state index in [4.69, 9.17) is 0 Å². The van der Waals surface area contributed by atoms with Gasteiger partial charge in [0.25, 0.3) is 0 Å². The first-order chi connectivity index (χ1) is 14.4. The number of aryl methyl sites for hydroxylation is 2. The quantitative estimate of drug-likeness (QED) is 0.609. The van der Waals surface area contributed by atoms with Crippen molar-refractivity contribution in [3.63, 3.8) is 0 Å². The Labute approximate surface area is 183 Å². The summed E-state index contributed by atoms with van der Waals surface area (Å²) in [6.45, 7) is 11.4. The molecule has 1 amide bonds. The smallest absolute Gasteiger partial charge is 0.241 e. The Kier molecular flexibility index (Phi) is 6.20. The summed E-state index contributed by atoms with van der Waals surface area (Å²) < 4.78 is 30.2. The van der Waals surface area contributed by atoms with Crippen LogP contribution < -0.4 is 10.0 Å². The van der Waals surface area contributed by atoms with E-state index in [0.717, 1.165) is 44.5 Å². The van der Waals surface area contributed by atoms with Crippen molar-refractivity contribution in [2.45, 2.75) is 52.9 Å². The number of anilines is 1. The number of fused-ring (bicyclic) bond motifs is 1. The summed E-state index contributed by atoms with van der Waals surface area (Å²) in [5.41, 5.74) is 6.62. The van der Waals surface area contributed by atoms with Crippen LogP contribution in [0.2, 0.25) is 0 Å². The van der Waals surface area contributed by atoms with Crippen molar-refractivity contribution in [2.24, 2.45) is 7.05 Å². The van der Waals surface area contributed by atoms with Crippen molar-refractivity contribution in [3.8, 4) is 0 Å². The van der Waals surface area contributed by atoms with Gasteiger partial charge in [-0.2, -0.15) is 5.10 Å². The van der Waals surface area contributed by atoms with Gasteiger partial charge in [-0.3, -0.25) is 9.48 Å². The maximum absolute atomic E-state index is 13.0. The lowest BCUT2D eigenvalue weighted by atomic mass is 9.95. The van der Waals surface area contributed by atoms with Crippen LogP contribution in [0.1, 0.15) is 39.9 Å². The molecule has 0 unspecified atom stereocenters. The van der Waals surface area contributed by atoms with Gasteiger partial charge in [-0.25, -0.2) is 18.1 Å². The number of pyridine rings is 1. The minimum atomic E-state index is -3.74. The standard InChI is InChI=1S/C22H29N5O3S/c1-12-13(2)15(4)21(16(5)14(12)3)31(29,30)24-9-8-20(28)25-18-10-19-17(6)26-27(7)22(19)23-11-18/h10-11,24H,8-9H2,1-7H3,(H,25,28). The summed E-state index contributed by atoms with van der Waals surface area (Å²) in [4.78, 5) is 17.0. The number of nitrogens with zero attached hydrogens (tertiary/aromatic N) is 3. The fourth-order valence-electron chi connectivity index (χ4n) is 3.84. The molecule has 0 bridgehead atoms.